The molecule has 2 N–H and O–H groups in total. The summed E-state index contributed by atoms with van der Waals surface area (Å²) in [7, 11) is 1.58. The third-order valence-electron chi connectivity index (χ3n) is 5.59. The molecule has 0 aliphatic carbocycles. The number of carbonyl (C=O) groups excluding carboxylic acids is 1. The predicted octanol–water partition coefficient (Wildman–Crippen LogP) is 2.52. The van der Waals surface area contributed by atoms with Gasteiger partial charge < -0.3 is 19.8 Å². The molecule has 10 heteroatoms. The van der Waals surface area contributed by atoms with Gasteiger partial charge in [0.25, 0.3) is 5.91 Å². The van der Waals surface area contributed by atoms with Crippen molar-refractivity contribution < 1.29 is 18.3 Å². The molecule has 1 amide bonds. The lowest BCUT2D eigenvalue weighted by Gasteiger charge is -2.18. The van der Waals surface area contributed by atoms with Gasteiger partial charge in [0.2, 0.25) is 0 Å². The van der Waals surface area contributed by atoms with Crippen LogP contribution in [0.2, 0.25) is 5.02 Å². The van der Waals surface area contributed by atoms with E-state index in [4.69, 9.17) is 20.8 Å². The Morgan fingerprint density at radius 1 is 1.39 bits per heavy atom. The Morgan fingerprint density at radius 3 is 2.97 bits per heavy atom. The van der Waals surface area contributed by atoms with Crippen molar-refractivity contribution in [3.63, 3.8) is 0 Å². The Morgan fingerprint density at radius 2 is 2.21 bits per heavy atom. The van der Waals surface area contributed by atoms with Gasteiger partial charge in [-0.25, -0.2) is 9.18 Å². The molecular weight excluding hydrogens is 451 g/mol. The van der Waals surface area contributed by atoms with E-state index in [0.29, 0.717) is 35.4 Å². The van der Waals surface area contributed by atoms with Gasteiger partial charge in [-0.15, -0.1) is 0 Å². The average Bonchev–Trinajstić information content (AvgIpc) is 2.98. The molecule has 1 aromatic heterocycles. The number of benzene rings is 2. The van der Waals surface area contributed by atoms with Crippen molar-refractivity contribution in [2.24, 2.45) is 7.05 Å². The second-order valence-corrected chi connectivity index (χ2v) is 8.25. The molecule has 2 heterocycles. The van der Waals surface area contributed by atoms with Crippen LogP contribution in [0.1, 0.15) is 12.0 Å². The standard InChI is InChI=1S/C23H22ClFN4O4/c1-29-19-9-13(3-4-20(19)33-23(29)31)14-7-17(24)16(18(25)8-14)10-15(11-26)28-22(30)21-12-27-5-2-6-32-21/h3-4,7-9,15,21,27H,2,5-6,10,12H2,1H3,(H,28,30)/t15?,21-/m1/s1. The van der Waals surface area contributed by atoms with Crippen LogP contribution in [0.3, 0.4) is 0 Å². The lowest BCUT2D eigenvalue weighted by Crippen LogP contribution is -2.46. The highest BCUT2D eigenvalue weighted by atomic mass is 35.5. The molecule has 172 valence electrons. The molecule has 0 saturated carbocycles. The molecule has 2 atom stereocenters. The van der Waals surface area contributed by atoms with Gasteiger partial charge in [-0.2, -0.15) is 5.26 Å². The molecule has 1 saturated heterocycles. The number of aryl methyl sites for hydroxylation is 1. The van der Waals surface area contributed by atoms with Crippen molar-refractivity contribution in [1.82, 2.24) is 15.2 Å². The maximum absolute atomic E-state index is 15.0. The van der Waals surface area contributed by atoms with E-state index in [2.05, 4.69) is 10.6 Å². The number of nitrogens with one attached hydrogen (secondary N) is 2. The molecule has 33 heavy (non-hydrogen) atoms. The van der Waals surface area contributed by atoms with Gasteiger partial charge in [0.1, 0.15) is 18.0 Å². The fourth-order valence-corrected chi connectivity index (χ4v) is 4.04. The van der Waals surface area contributed by atoms with Crippen molar-refractivity contribution in [3.8, 4) is 17.2 Å². The quantitative estimate of drug-likeness (QED) is 0.590. The van der Waals surface area contributed by atoms with Gasteiger partial charge in [0.15, 0.2) is 5.58 Å². The minimum absolute atomic E-state index is 0.0946. The Bertz CT molecular complexity index is 1260. The maximum atomic E-state index is 15.0. The number of aromatic nitrogens is 1. The molecule has 2 aromatic carbocycles. The van der Waals surface area contributed by atoms with Crippen LogP contribution in [0.4, 0.5) is 4.39 Å². The van der Waals surface area contributed by atoms with Crippen molar-refractivity contribution in [2.45, 2.75) is 25.0 Å². The van der Waals surface area contributed by atoms with E-state index in [1.807, 2.05) is 6.07 Å². The fourth-order valence-electron chi connectivity index (χ4n) is 3.75. The third-order valence-corrected chi connectivity index (χ3v) is 5.92. The van der Waals surface area contributed by atoms with Crippen LogP contribution in [0.5, 0.6) is 0 Å². The number of amides is 1. The number of oxazole rings is 1. The lowest BCUT2D eigenvalue weighted by molar-refractivity contribution is -0.132. The van der Waals surface area contributed by atoms with E-state index in [-0.39, 0.29) is 17.0 Å². The largest absolute Gasteiger partial charge is 0.419 e. The van der Waals surface area contributed by atoms with Crippen molar-refractivity contribution in [2.75, 3.05) is 19.7 Å². The maximum Gasteiger partial charge on any atom is 0.419 e. The molecule has 1 aliphatic heterocycles. The molecule has 1 unspecified atom stereocenters. The first-order valence-electron chi connectivity index (χ1n) is 10.5. The summed E-state index contributed by atoms with van der Waals surface area (Å²) in [6.07, 6.45) is -0.00900. The molecule has 1 aliphatic rings. The average molecular weight is 473 g/mol. The first-order valence-corrected chi connectivity index (χ1v) is 10.9. The number of hydrogen-bond donors (Lipinski definition) is 2. The van der Waals surface area contributed by atoms with Gasteiger partial charge in [-0.3, -0.25) is 9.36 Å². The number of nitrogens with zero attached hydrogens (tertiary/aromatic N) is 2. The first kappa shape index (κ1) is 23.0. The van der Waals surface area contributed by atoms with E-state index in [0.717, 1.165) is 13.0 Å². The fraction of sp³-hybridized carbons (Fsp3) is 0.348. The summed E-state index contributed by atoms with van der Waals surface area (Å²) in [5, 5.41) is 15.4. The van der Waals surface area contributed by atoms with Crippen LogP contribution in [-0.4, -0.2) is 42.3 Å². The van der Waals surface area contributed by atoms with Crippen molar-refractivity contribution >= 4 is 28.6 Å². The second kappa shape index (κ2) is 9.75. The molecule has 0 radical (unpaired) electrons. The summed E-state index contributed by atoms with van der Waals surface area (Å²) >= 11 is 6.38. The second-order valence-electron chi connectivity index (χ2n) is 7.84. The zero-order valence-corrected chi connectivity index (χ0v) is 18.6. The van der Waals surface area contributed by atoms with Crippen LogP contribution in [0, 0.1) is 17.1 Å². The highest BCUT2D eigenvalue weighted by molar-refractivity contribution is 6.31. The summed E-state index contributed by atoms with van der Waals surface area (Å²) in [4.78, 5) is 24.2. The van der Waals surface area contributed by atoms with Crippen LogP contribution in [0.25, 0.3) is 22.2 Å². The molecular formula is C23H22ClFN4O4. The molecule has 0 spiro atoms. The highest BCUT2D eigenvalue weighted by Crippen LogP contribution is 2.30. The molecule has 1 fully saturated rings. The highest BCUT2D eigenvalue weighted by Gasteiger charge is 2.25. The Labute approximate surface area is 193 Å². The Balaban J connectivity index is 1.54. The first-order chi connectivity index (χ1) is 15.9. The van der Waals surface area contributed by atoms with Gasteiger partial charge in [0.05, 0.1) is 11.6 Å². The number of hydrogen-bond acceptors (Lipinski definition) is 6. The van der Waals surface area contributed by atoms with Gasteiger partial charge >= 0.3 is 5.76 Å². The van der Waals surface area contributed by atoms with Crippen LogP contribution >= 0.6 is 11.6 Å². The molecule has 3 aromatic rings. The molecule has 0 bridgehead atoms. The van der Waals surface area contributed by atoms with Gasteiger partial charge in [-0.05, 0) is 48.4 Å². The smallest absolute Gasteiger partial charge is 0.408 e. The van der Waals surface area contributed by atoms with E-state index in [1.165, 1.54) is 10.6 Å². The number of fused-ring (bicyclic) bond motifs is 1. The van der Waals surface area contributed by atoms with Crippen LogP contribution in [-0.2, 0) is 23.0 Å². The summed E-state index contributed by atoms with van der Waals surface area (Å²) in [5.74, 6) is -1.51. The molecule has 4 rings (SSSR count). The summed E-state index contributed by atoms with van der Waals surface area (Å²) in [6, 6.07) is 8.97. The predicted molar refractivity (Wildman–Crippen MR) is 120 cm³/mol. The van der Waals surface area contributed by atoms with E-state index >= 15 is 4.39 Å². The third kappa shape index (κ3) is 4.93. The Kier molecular flexibility index (Phi) is 6.79. The number of carbonyl (C=O) groups is 1. The summed E-state index contributed by atoms with van der Waals surface area (Å²) < 4.78 is 27.0. The summed E-state index contributed by atoms with van der Waals surface area (Å²) in [6.45, 7) is 1.55. The SMILES string of the molecule is Cn1c(=O)oc2ccc(-c3cc(F)c(CC(C#N)NC(=O)[C@H]4CNCCCO4)c(Cl)c3)cc21. The van der Waals surface area contributed by atoms with E-state index in [1.54, 1.807) is 31.3 Å². The van der Waals surface area contributed by atoms with Crippen LogP contribution < -0.4 is 16.4 Å². The number of ether oxygens (including phenoxy) is 1. The normalized spacial score (nSPS) is 17.3. The van der Waals surface area contributed by atoms with Crippen molar-refractivity contribution in [3.05, 3.63) is 57.3 Å². The van der Waals surface area contributed by atoms with Crippen LogP contribution in [0.15, 0.2) is 39.5 Å². The van der Waals surface area contributed by atoms with Gasteiger partial charge in [0, 0.05) is 37.2 Å². The monoisotopic (exact) mass is 472 g/mol. The minimum atomic E-state index is -0.973. The lowest BCUT2D eigenvalue weighted by atomic mass is 9.99. The minimum Gasteiger partial charge on any atom is -0.408 e. The summed E-state index contributed by atoms with van der Waals surface area (Å²) in [5.41, 5.74) is 2.28. The van der Waals surface area contributed by atoms with E-state index < -0.39 is 29.6 Å². The molecule has 8 nitrogen and oxygen atoms in total. The van der Waals surface area contributed by atoms with E-state index in [9.17, 15) is 14.9 Å². The zero-order valence-electron chi connectivity index (χ0n) is 17.9. The topological polar surface area (TPSA) is 109 Å². The van der Waals surface area contributed by atoms with Gasteiger partial charge in [-0.1, -0.05) is 17.7 Å². The zero-order chi connectivity index (χ0) is 23.5. The number of halogens is 2. The number of nitriles is 1. The van der Waals surface area contributed by atoms with Crippen molar-refractivity contribution in [1.29, 1.82) is 5.26 Å². The Hall–Kier alpha value is -3.19. The number of rotatable bonds is 5.